The maximum absolute atomic E-state index is 13.3. The summed E-state index contributed by atoms with van der Waals surface area (Å²) in [5, 5.41) is 6.80. The number of hydrogen-bond donors (Lipinski definition) is 2. The normalized spacial score (nSPS) is 13.8. The number of carbonyl (C=O) groups is 2. The van der Waals surface area contributed by atoms with Gasteiger partial charge in [-0.1, -0.05) is 43.2 Å². The lowest BCUT2D eigenvalue weighted by Crippen LogP contribution is -2.37. The third kappa shape index (κ3) is 6.82. The minimum absolute atomic E-state index is 0.0221. The Morgan fingerprint density at radius 3 is 2.59 bits per heavy atom. The second-order valence-electron chi connectivity index (χ2n) is 8.92. The highest BCUT2D eigenvalue weighted by atomic mass is 32.2. The highest BCUT2D eigenvalue weighted by Crippen LogP contribution is 2.29. The van der Waals surface area contributed by atoms with Crippen molar-refractivity contribution in [1.29, 1.82) is 0 Å². The molecule has 2 aromatic carbocycles. The van der Waals surface area contributed by atoms with Crippen molar-refractivity contribution in [2.75, 3.05) is 25.3 Å². The average molecular weight is 525 g/mol. The fraction of sp³-hybridized carbons (Fsp3) is 0.407. The maximum atomic E-state index is 13.3. The Hall–Kier alpha value is -3.53. The lowest BCUT2D eigenvalue weighted by atomic mass is 9.95. The highest BCUT2D eigenvalue weighted by molar-refractivity contribution is 7.99. The molecule has 0 saturated heterocycles. The number of methoxy groups -OCH3 is 2. The van der Waals surface area contributed by atoms with Gasteiger partial charge in [0.15, 0.2) is 5.16 Å². The number of fused-ring (bicyclic) bond motifs is 1. The number of anilines is 1. The van der Waals surface area contributed by atoms with Gasteiger partial charge in [0.05, 0.1) is 36.6 Å². The van der Waals surface area contributed by atoms with E-state index >= 15 is 0 Å². The van der Waals surface area contributed by atoms with Gasteiger partial charge in [0.25, 0.3) is 5.56 Å². The molecule has 0 unspecified atom stereocenters. The van der Waals surface area contributed by atoms with E-state index in [1.807, 2.05) is 6.07 Å². The summed E-state index contributed by atoms with van der Waals surface area (Å²) < 4.78 is 12.0. The van der Waals surface area contributed by atoms with Crippen molar-refractivity contribution in [2.45, 2.75) is 56.3 Å². The molecular weight excluding hydrogens is 492 g/mol. The molecule has 37 heavy (non-hydrogen) atoms. The number of nitrogens with zero attached hydrogens (tertiary/aromatic N) is 2. The predicted molar refractivity (Wildman–Crippen MR) is 145 cm³/mol. The molecule has 0 atom stereocenters. The molecule has 4 rings (SSSR count). The predicted octanol–water partition coefficient (Wildman–Crippen LogP) is 3.98. The van der Waals surface area contributed by atoms with Crippen LogP contribution < -0.4 is 25.7 Å². The minimum Gasteiger partial charge on any atom is -0.497 e. The van der Waals surface area contributed by atoms with Crippen LogP contribution >= 0.6 is 11.8 Å². The Labute approximate surface area is 219 Å². The van der Waals surface area contributed by atoms with Crippen LogP contribution in [0, 0.1) is 0 Å². The molecule has 0 radical (unpaired) electrons. The lowest BCUT2D eigenvalue weighted by molar-refractivity contribution is -0.122. The van der Waals surface area contributed by atoms with Gasteiger partial charge in [-0.25, -0.2) is 4.98 Å². The average Bonchev–Trinajstić information content (AvgIpc) is 2.92. The van der Waals surface area contributed by atoms with Crippen molar-refractivity contribution in [3.63, 3.8) is 0 Å². The van der Waals surface area contributed by atoms with Crippen LogP contribution in [0.1, 0.15) is 38.5 Å². The third-order valence-electron chi connectivity index (χ3n) is 6.37. The van der Waals surface area contributed by atoms with Gasteiger partial charge in [-0.3, -0.25) is 19.0 Å². The number of thioether (sulfide) groups is 1. The van der Waals surface area contributed by atoms with Crippen LogP contribution in [0.4, 0.5) is 5.69 Å². The summed E-state index contributed by atoms with van der Waals surface area (Å²) in [5.41, 5.74) is 0.836. The fourth-order valence-corrected chi connectivity index (χ4v) is 5.26. The molecule has 0 aliphatic heterocycles. The number of aromatic nitrogens is 2. The first-order valence-electron chi connectivity index (χ1n) is 12.4. The van der Waals surface area contributed by atoms with E-state index in [0.717, 1.165) is 37.4 Å². The number of hydrogen-bond acceptors (Lipinski definition) is 7. The molecule has 0 bridgehead atoms. The van der Waals surface area contributed by atoms with Gasteiger partial charge < -0.3 is 20.1 Å². The zero-order valence-electron chi connectivity index (χ0n) is 21.1. The summed E-state index contributed by atoms with van der Waals surface area (Å²) in [7, 11) is 3.07. The Bertz CT molecular complexity index is 1320. The molecule has 3 aromatic rings. The Balaban J connectivity index is 1.47. The number of benzene rings is 2. The summed E-state index contributed by atoms with van der Waals surface area (Å²) in [5.74, 6) is 0.752. The van der Waals surface area contributed by atoms with Crippen molar-refractivity contribution >= 4 is 40.2 Å². The molecule has 9 nitrogen and oxygen atoms in total. The van der Waals surface area contributed by atoms with E-state index in [4.69, 9.17) is 9.47 Å². The molecule has 196 valence electrons. The van der Waals surface area contributed by atoms with Gasteiger partial charge in [0.1, 0.15) is 11.5 Å². The van der Waals surface area contributed by atoms with E-state index in [0.29, 0.717) is 33.2 Å². The summed E-state index contributed by atoms with van der Waals surface area (Å²) >= 11 is 1.15. The number of nitrogens with one attached hydrogen (secondary N) is 2. The summed E-state index contributed by atoms with van der Waals surface area (Å²) in [6.45, 7) is 0.186. The molecule has 1 fully saturated rings. The second kappa shape index (κ2) is 12.6. The maximum Gasteiger partial charge on any atom is 0.262 e. The number of para-hydroxylation sites is 1. The zero-order chi connectivity index (χ0) is 26.2. The van der Waals surface area contributed by atoms with Crippen molar-refractivity contribution < 1.29 is 19.1 Å². The Morgan fingerprint density at radius 2 is 1.84 bits per heavy atom. The molecule has 1 aliphatic rings. The molecule has 1 aromatic heterocycles. The van der Waals surface area contributed by atoms with Crippen LogP contribution in [0.2, 0.25) is 0 Å². The summed E-state index contributed by atoms with van der Waals surface area (Å²) in [6, 6.07) is 12.4. The minimum atomic E-state index is -0.280. The zero-order valence-corrected chi connectivity index (χ0v) is 21.9. The van der Waals surface area contributed by atoms with Gasteiger partial charge in [-0.15, -0.1) is 0 Å². The van der Waals surface area contributed by atoms with E-state index in [2.05, 4.69) is 15.6 Å². The Kier molecular flexibility index (Phi) is 9.05. The van der Waals surface area contributed by atoms with Crippen LogP contribution in [0.25, 0.3) is 10.9 Å². The monoisotopic (exact) mass is 524 g/mol. The van der Waals surface area contributed by atoms with Gasteiger partial charge in [-0.2, -0.15) is 0 Å². The van der Waals surface area contributed by atoms with E-state index in [9.17, 15) is 14.4 Å². The van der Waals surface area contributed by atoms with E-state index in [-0.39, 0.29) is 42.1 Å². The van der Waals surface area contributed by atoms with Crippen LogP contribution in [-0.4, -0.2) is 47.4 Å². The molecule has 1 saturated carbocycles. The third-order valence-corrected chi connectivity index (χ3v) is 7.35. The van der Waals surface area contributed by atoms with Crippen LogP contribution in [0.5, 0.6) is 11.5 Å². The molecule has 1 heterocycles. The van der Waals surface area contributed by atoms with Crippen molar-refractivity contribution in [2.24, 2.45) is 0 Å². The highest BCUT2D eigenvalue weighted by Gasteiger charge is 2.18. The molecule has 2 N–H and O–H groups in total. The van der Waals surface area contributed by atoms with Crippen molar-refractivity contribution in [3.05, 3.63) is 52.8 Å². The number of carbonyl (C=O) groups excluding carboxylic acids is 2. The van der Waals surface area contributed by atoms with Crippen LogP contribution in [-0.2, 0) is 16.1 Å². The van der Waals surface area contributed by atoms with E-state index in [1.165, 1.54) is 18.1 Å². The largest absolute Gasteiger partial charge is 0.497 e. The SMILES string of the molecule is COc1ccc(NC(=O)CSc2nc3ccccc3c(=O)n2CCC(=O)NC2CCCCC2)c(OC)c1. The quantitative estimate of drug-likeness (QED) is 0.305. The molecule has 0 spiro atoms. The van der Waals surface area contributed by atoms with Crippen molar-refractivity contribution in [3.8, 4) is 11.5 Å². The van der Waals surface area contributed by atoms with Gasteiger partial charge in [-0.05, 0) is 37.1 Å². The molecule has 10 heteroatoms. The number of amides is 2. The molecule has 1 aliphatic carbocycles. The number of rotatable bonds is 10. The fourth-order valence-electron chi connectivity index (χ4n) is 4.43. The lowest BCUT2D eigenvalue weighted by Gasteiger charge is -2.23. The van der Waals surface area contributed by atoms with E-state index < -0.39 is 0 Å². The Morgan fingerprint density at radius 1 is 1.05 bits per heavy atom. The summed E-state index contributed by atoms with van der Waals surface area (Å²) in [4.78, 5) is 43.3. The topological polar surface area (TPSA) is 112 Å². The first kappa shape index (κ1) is 26.5. The van der Waals surface area contributed by atoms with Gasteiger partial charge in [0, 0.05) is 25.1 Å². The van der Waals surface area contributed by atoms with Crippen LogP contribution in [0.3, 0.4) is 0 Å². The first-order chi connectivity index (χ1) is 18.0. The second-order valence-corrected chi connectivity index (χ2v) is 9.87. The first-order valence-corrected chi connectivity index (χ1v) is 13.4. The molecule has 2 amide bonds. The van der Waals surface area contributed by atoms with Crippen molar-refractivity contribution in [1.82, 2.24) is 14.9 Å². The van der Waals surface area contributed by atoms with E-state index in [1.54, 1.807) is 43.5 Å². The van der Waals surface area contributed by atoms with Crippen LogP contribution in [0.15, 0.2) is 52.4 Å². The van der Waals surface area contributed by atoms with Gasteiger partial charge >= 0.3 is 0 Å². The number of ether oxygens (including phenoxy) is 2. The standard InChI is InChI=1S/C27H32N4O5S/c1-35-19-12-13-22(23(16-19)36-2)29-25(33)17-37-27-30-21-11-7-6-10-20(21)26(34)31(27)15-14-24(32)28-18-8-4-3-5-9-18/h6-7,10-13,16,18H,3-5,8-9,14-15,17H2,1-2H3,(H,28,32)(H,29,33). The summed E-state index contributed by atoms with van der Waals surface area (Å²) in [6.07, 6.45) is 5.63. The smallest absolute Gasteiger partial charge is 0.262 e. The van der Waals surface area contributed by atoms with Gasteiger partial charge in [0.2, 0.25) is 11.8 Å². The molecular formula is C27H32N4O5S.